The molecule has 0 amide bonds. The fourth-order valence-corrected chi connectivity index (χ4v) is 5.19. The monoisotopic (exact) mass is 542 g/mol. The molecule has 0 aromatic rings. The van der Waals surface area contributed by atoms with Crippen LogP contribution in [0.3, 0.4) is 0 Å². The molecule has 0 atom stereocenters. The Labute approximate surface area is 232 Å². The molecule has 5 N–H and O–H groups in total. The number of nitrogens with one attached hydrogen (secondary N) is 5. The van der Waals surface area contributed by atoms with Gasteiger partial charge in [0.15, 0.2) is 0 Å². The number of hydrogen-bond acceptors (Lipinski definition) is 11. The highest BCUT2D eigenvalue weighted by Gasteiger charge is 2.27. The van der Waals surface area contributed by atoms with Gasteiger partial charge in [0.2, 0.25) is 0 Å². The Hall–Kier alpha value is -0.440. The van der Waals surface area contributed by atoms with E-state index >= 15 is 0 Å². The zero-order valence-corrected chi connectivity index (χ0v) is 24.2. The SMILES string of the molecule is CC(OCCNCCN1CCCCC1)(OCCNCCN1CCNCC1)OCCNCCN1CCNCC1. The minimum Gasteiger partial charge on any atom is -0.326 e. The summed E-state index contributed by atoms with van der Waals surface area (Å²) in [6.07, 6.45) is 4.06. The normalized spacial score (nSPS) is 20.8. The lowest BCUT2D eigenvalue weighted by Gasteiger charge is -2.31. The molecule has 3 rings (SSSR count). The standard InChI is InChI=1S/C27H58N8O3/c1-27(36-24-12-30-9-17-33-15-3-2-4-16-33,37-25-13-31-10-22-34-18-5-28-6-19-34)38-26-14-32-11-23-35-20-7-29-8-21-35/h28-32H,2-26H2,1H3. The first kappa shape index (κ1) is 32.1. The van der Waals surface area contributed by atoms with Crippen LogP contribution in [0.15, 0.2) is 0 Å². The minimum atomic E-state index is -1.03. The van der Waals surface area contributed by atoms with Gasteiger partial charge in [-0.15, -0.1) is 0 Å². The van der Waals surface area contributed by atoms with Crippen molar-refractivity contribution in [1.82, 2.24) is 41.3 Å². The van der Waals surface area contributed by atoms with Crippen LogP contribution in [0.1, 0.15) is 26.2 Å². The number of piperidine rings is 1. The van der Waals surface area contributed by atoms with Gasteiger partial charge >= 0.3 is 0 Å². The molecule has 3 aliphatic heterocycles. The number of hydrogen-bond donors (Lipinski definition) is 5. The second-order valence-electron chi connectivity index (χ2n) is 10.7. The predicted molar refractivity (Wildman–Crippen MR) is 154 cm³/mol. The number of rotatable bonds is 21. The van der Waals surface area contributed by atoms with Crippen LogP contribution in [-0.4, -0.2) is 165 Å². The maximum Gasteiger partial charge on any atom is 0.280 e. The van der Waals surface area contributed by atoms with Crippen molar-refractivity contribution in [2.75, 3.05) is 144 Å². The molecule has 0 unspecified atom stereocenters. The van der Waals surface area contributed by atoms with Gasteiger partial charge in [0.25, 0.3) is 5.97 Å². The second-order valence-corrected chi connectivity index (χ2v) is 10.7. The van der Waals surface area contributed by atoms with Gasteiger partial charge < -0.3 is 45.7 Å². The first-order valence-electron chi connectivity index (χ1n) is 15.4. The van der Waals surface area contributed by atoms with Crippen molar-refractivity contribution in [3.05, 3.63) is 0 Å². The van der Waals surface area contributed by atoms with Crippen LogP contribution in [0.5, 0.6) is 0 Å². The lowest BCUT2D eigenvalue weighted by molar-refractivity contribution is -0.368. The molecule has 0 spiro atoms. The van der Waals surface area contributed by atoms with Crippen molar-refractivity contribution in [3.8, 4) is 0 Å². The van der Waals surface area contributed by atoms with Gasteiger partial charge in [0.1, 0.15) is 0 Å². The van der Waals surface area contributed by atoms with Gasteiger partial charge in [-0.2, -0.15) is 0 Å². The first-order chi connectivity index (χ1) is 18.7. The molecule has 0 saturated carbocycles. The lowest BCUT2D eigenvalue weighted by Crippen LogP contribution is -2.46. The average molecular weight is 543 g/mol. The maximum atomic E-state index is 6.12. The van der Waals surface area contributed by atoms with Gasteiger partial charge in [-0.25, -0.2) is 0 Å². The molecule has 11 nitrogen and oxygen atoms in total. The number of ether oxygens (including phenoxy) is 3. The van der Waals surface area contributed by atoms with E-state index in [1.807, 2.05) is 6.92 Å². The van der Waals surface area contributed by atoms with Gasteiger partial charge in [0.05, 0.1) is 19.8 Å². The summed E-state index contributed by atoms with van der Waals surface area (Å²) in [6.45, 7) is 23.5. The van der Waals surface area contributed by atoms with E-state index in [9.17, 15) is 0 Å². The van der Waals surface area contributed by atoms with E-state index in [1.54, 1.807) is 0 Å². The largest absolute Gasteiger partial charge is 0.326 e. The van der Waals surface area contributed by atoms with E-state index in [4.69, 9.17) is 14.2 Å². The van der Waals surface area contributed by atoms with E-state index in [2.05, 4.69) is 41.3 Å². The molecule has 3 saturated heterocycles. The van der Waals surface area contributed by atoms with E-state index < -0.39 is 5.97 Å². The molecule has 3 aliphatic rings. The summed E-state index contributed by atoms with van der Waals surface area (Å²) >= 11 is 0. The van der Waals surface area contributed by atoms with Crippen LogP contribution in [0.25, 0.3) is 0 Å². The Morgan fingerprint density at radius 2 is 0.895 bits per heavy atom. The van der Waals surface area contributed by atoms with Crippen LogP contribution in [0.4, 0.5) is 0 Å². The topological polar surface area (TPSA) is 97.6 Å². The fourth-order valence-electron chi connectivity index (χ4n) is 5.19. The molecular formula is C27H58N8O3. The highest BCUT2D eigenvalue weighted by molar-refractivity contribution is 4.69. The van der Waals surface area contributed by atoms with Gasteiger partial charge in [0, 0.05) is 118 Å². The molecule has 0 radical (unpaired) electrons. The molecule has 11 heteroatoms. The van der Waals surface area contributed by atoms with Crippen LogP contribution >= 0.6 is 0 Å². The molecule has 38 heavy (non-hydrogen) atoms. The number of nitrogens with zero attached hydrogens (tertiary/aromatic N) is 3. The molecule has 0 bridgehead atoms. The summed E-state index contributed by atoms with van der Waals surface area (Å²) in [4.78, 5) is 7.54. The van der Waals surface area contributed by atoms with Crippen molar-refractivity contribution in [1.29, 1.82) is 0 Å². The zero-order chi connectivity index (χ0) is 26.6. The Morgan fingerprint density at radius 3 is 1.29 bits per heavy atom. The van der Waals surface area contributed by atoms with Crippen LogP contribution in [0.2, 0.25) is 0 Å². The Morgan fingerprint density at radius 1 is 0.526 bits per heavy atom. The highest BCUT2D eigenvalue weighted by Crippen LogP contribution is 2.14. The number of likely N-dealkylation sites (tertiary alicyclic amines) is 1. The summed E-state index contributed by atoms with van der Waals surface area (Å²) in [5, 5.41) is 17.3. The van der Waals surface area contributed by atoms with Gasteiger partial charge in [-0.1, -0.05) is 6.42 Å². The summed E-state index contributed by atoms with van der Waals surface area (Å²) in [5.41, 5.74) is 0. The summed E-state index contributed by atoms with van der Waals surface area (Å²) < 4.78 is 18.3. The van der Waals surface area contributed by atoms with Crippen molar-refractivity contribution in [2.45, 2.75) is 32.2 Å². The summed E-state index contributed by atoms with van der Waals surface area (Å²) in [5.74, 6) is -1.03. The number of piperazine rings is 2. The van der Waals surface area contributed by atoms with Crippen molar-refractivity contribution >= 4 is 0 Å². The third-order valence-electron chi connectivity index (χ3n) is 7.61. The third kappa shape index (κ3) is 14.8. The van der Waals surface area contributed by atoms with E-state index in [0.29, 0.717) is 19.8 Å². The highest BCUT2D eigenvalue weighted by atomic mass is 16.9. The lowest BCUT2D eigenvalue weighted by atomic mass is 10.1. The Kier molecular flexibility index (Phi) is 17.3. The Bertz CT molecular complexity index is 484. The van der Waals surface area contributed by atoms with E-state index in [-0.39, 0.29) is 0 Å². The quantitative estimate of drug-likeness (QED) is 0.0892. The molecule has 0 aromatic heterocycles. The first-order valence-corrected chi connectivity index (χ1v) is 15.4. The van der Waals surface area contributed by atoms with Crippen molar-refractivity contribution in [2.24, 2.45) is 0 Å². The van der Waals surface area contributed by atoms with Crippen LogP contribution in [-0.2, 0) is 14.2 Å². The van der Waals surface area contributed by atoms with Crippen LogP contribution < -0.4 is 26.6 Å². The average Bonchev–Trinajstić information content (AvgIpc) is 2.96. The predicted octanol–water partition coefficient (Wildman–Crippen LogP) is -1.22. The molecule has 0 aliphatic carbocycles. The maximum absolute atomic E-state index is 6.12. The van der Waals surface area contributed by atoms with E-state index in [1.165, 1.54) is 32.4 Å². The summed E-state index contributed by atoms with van der Waals surface area (Å²) in [6, 6.07) is 0. The Balaban J connectivity index is 1.26. The van der Waals surface area contributed by atoms with Crippen molar-refractivity contribution < 1.29 is 14.2 Å². The molecular weight excluding hydrogens is 484 g/mol. The smallest absolute Gasteiger partial charge is 0.280 e. The fraction of sp³-hybridized carbons (Fsp3) is 1.00. The molecule has 3 heterocycles. The molecule has 0 aromatic carbocycles. The summed E-state index contributed by atoms with van der Waals surface area (Å²) in [7, 11) is 0. The van der Waals surface area contributed by atoms with Gasteiger partial charge in [-0.05, 0) is 25.9 Å². The van der Waals surface area contributed by atoms with E-state index in [0.717, 1.165) is 111 Å². The zero-order valence-electron chi connectivity index (χ0n) is 24.2. The molecule has 224 valence electrons. The minimum absolute atomic E-state index is 0.552. The molecule has 3 fully saturated rings. The van der Waals surface area contributed by atoms with Crippen molar-refractivity contribution in [3.63, 3.8) is 0 Å². The van der Waals surface area contributed by atoms with Crippen LogP contribution in [0, 0.1) is 0 Å². The third-order valence-corrected chi connectivity index (χ3v) is 7.61. The van der Waals surface area contributed by atoms with Gasteiger partial charge in [-0.3, -0.25) is 9.80 Å². The second kappa shape index (κ2) is 20.4.